The summed E-state index contributed by atoms with van der Waals surface area (Å²) in [6, 6.07) is 2.50. The van der Waals surface area contributed by atoms with Crippen LogP contribution < -0.4 is 4.57 Å². The SMILES string of the molecule is CCCCCCCCCCCCCCCCc1cc[n+](CCCCCCCCC)cc1CCCCCCCCCCCCCCCC. The number of unbranched alkanes of at least 4 members (excludes halogenated alkanes) is 32. The van der Waals surface area contributed by atoms with Crippen molar-refractivity contribution in [2.75, 3.05) is 0 Å². The van der Waals surface area contributed by atoms with Crippen LogP contribution >= 0.6 is 0 Å². The Morgan fingerprint density at radius 3 is 0.936 bits per heavy atom. The maximum atomic E-state index is 2.55. The second-order valence-corrected chi connectivity index (χ2v) is 15.5. The molecule has 1 aromatic heterocycles. The van der Waals surface area contributed by atoms with Crippen LogP contribution in [0.5, 0.6) is 0 Å². The minimum Gasteiger partial charge on any atom is -0.205 e. The van der Waals surface area contributed by atoms with Gasteiger partial charge in [-0.15, -0.1) is 0 Å². The Labute approximate surface area is 298 Å². The number of pyridine rings is 1. The van der Waals surface area contributed by atoms with Gasteiger partial charge in [0.2, 0.25) is 0 Å². The van der Waals surface area contributed by atoms with Crippen molar-refractivity contribution in [1.82, 2.24) is 0 Å². The van der Waals surface area contributed by atoms with Crippen LogP contribution in [0.4, 0.5) is 0 Å². The van der Waals surface area contributed by atoms with Crippen LogP contribution in [0.2, 0.25) is 0 Å². The third kappa shape index (κ3) is 29.8. The molecule has 1 nitrogen and oxygen atoms in total. The molecule has 0 radical (unpaired) electrons. The van der Waals surface area contributed by atoms with Gasteiger partial charge >= 0.3 is 0 Å². The fraction of sp³-hybridized carbons (Fsp3) is 0.891. The monoisotopic (exact) mass is 655 g/mol. The first kappa shape index (κ1) is 44.2. The number of hydrogen-bond donors (Lipinski definition) is 0. The predicted octanol–water partition coefficient (Wildman–Crippen LogP) is 15.8. The standard InChI is InChI=1S/C46H88N/c1-4-7-10-13-16-18-20-22-24-26-28-30-33-36-39-45-41-43-47(42-38-35-32-15-12-9-6-3)44-46(45)40-37-34-31-29-27-25-23-21-19-17-14-11-8-5-2/h41,43-44H,4-40,42H2,1-3H3/q+1. The molecule has 1 heterocycles. The maximum absolute atomic E-state index is 2.55. The third-order valence-corrected chi connectivity index (χ3v) is 10.8. The molecule has 0 saturated heterocycles. The van der Waals surface area contributed by atoms with Gasteiger partial charge in [-0.05, 0) is 37.7 Å². The lowest BCUT2D eigenvalue weighted by atomic mass is 9.97. The molecule has 0 N–H and O–H groups in total. The summed E-state index contributed by atoms with van der Waals surface area (Å²) in [5.74, 6) is 0. The highest BCUT2D eigenvalue weighted by molar-refractivity contribution is 5.21. The number of rotatable bonds is 38. The highest BCUT2D eigenvalue weighted by Gasteiger charge is 2.10. The predicted molar refractivity (Wildman–Crippen MR) is 213 cm³/mol. The van der Waals surface area contributed by atoms with Gasteiger partial charge in [0.25, 0.3) is 0 Å². The lowest BCUT2D eigenvalue weighted by molar-refractivity contribution is -0.697. The Bertz CT molecular complexity index is 739. The number of aromatic nitrogens is 1. The minimum atomic E-state index is 1.21. The zero-order chi connectivity index (χ0) is 33.7. The second-order valence-electron chi connectivity index (χ2n) is 15.5. The first-order valence-electron chi connectivity index (χ1n) is 22.3. The Morgan fingerprint density at radius 2 is 0.596 bits per heavy atom. The van der Waals surface area contributed by atoms with Gasteiger partial charge in [0.05, 0.1) is 0 Å². The third-order valence-electron chi connectivity index (χ3n) is 10.8. The van der Waals surface area contributed by atoms with Gasteiger partial charge in [-0.25, -0.2) is 4.57 Å². The Morgan fingerprint density at radius 1 is 0.319 bits per heavy atom. The topological polar surface area (TPSA) is 3.88 Å². The highest BCUT2D eigenvalue weighted by atomic mass is 14.9. The molecule has 0 bridgehead atoms. The van der Waals surface area contributed by atoms with E-state index in [1.54, 1.807) is 11.1 Å². The molecule has 0 unspecified atom stereocenters. The molecule has 1 aromatic rings. The summed E-state index contributed by atoms with van der Waals surface area (Å²) >= 11 is 0. The smallest absolute Gasteiger partial charge is 0.172 e. The molecule has 0 fully saturated rings. The zero-order valence-corrected chi connectivity index (χ0v) is 33.0. The van der Waals surface area contributed by atoms with Crippen molar-refractivity contribution < 1.29 is 4.57 Å². The van der Waals surface area contributed by atoms with E-state index in [0.717, 1.165) is 0 Å². The van der Waals surface area contributed by atoms with Gasteiger partial charge in [-0.1, -0.05) is 220 Å². The van der Waals surface area contributed by atoms with Gasteiger partial charge in [0.1, 0.15) is 6.54 Å². The number of hydrogen-bond acceptors (Lipinski definition) is 0. The quantitative estimate of drug-likeness (QED) is 0.0493. The molecule has 0 aliphatic carbocycles. The molecule has 0 atom stereocenters. The van der Waals surface area contributed by atoms with Crippen molar-refractivity contribution in [3.05, 3.63) is 29.6 Å². The fourth-order valence-corrected chi connectivity index (χ4v) is 7.50. The molecule has 0 aliphatic rings. The van der Waals surface area contributed by atoms with Crippen LogP contribution in [0.15, 0.2) is 18.5 Å². The summed E-state index contributed by atoms with van der Waals surface area (Å²) in [6.07, 6.45) is 57.8. The first-order valence-corrected chi connectivity index (χ1v) is 22.3. The Balaban J connectivity index is 2.27. The van der Waals surface area contributed by atoms with E-state index in [-0.39, 0.29) is 0 Å². The maximum Gasteiger partial charge on any atom is 0.172 e. The van der Waals surface area contributed by atoms with Crippen molar-refractivity contribution in [2.24, 2.45) is 0 Å². The lowest BCUT2D eigenvalue weighted by Crippen LogP contribution is -2.34. The molecule has 1 heteroatoms. The van der Waals surface area contributed by atoms with Crippen LogP contribution in [0.1, 0.15) is 257 Å². The molecule has 0 aliphatic heterocycles. The van der Waals surface area contributed by atoms with E-state index < -0.39 is 0 Å². The molecule has 0 spiro atoms. The van der Waals surface area contributed by atoms with E-state index in [0.29, 0.717) is 0 Å². The Kier molecular flexibility index (Phi) is 34.2. The largest absolute Gasteiger partial charge is 0.205 e. The molecule has 47 heavy (non-hydrogen) atoms. The summed E-state index contributed by atoms with van der Waals surface area (Å²) < 4.78 is 2.53. The van der Waals surface area contributed by atoms with Crippen molar-refractivity contribution in [3.63, 3.8) is 0 Å². The average molecular weight is 655 g/mol. The number of nitrogens with zero attached hydrogens (tertiary/aromatic N) is 1. The average Bonchev–Trinajstić information content (AvgIpc) is 3.08. The van der Waals surface area contributed by atoms with E-state index in [9.17, 15) is 0 Å². The molecule has 0 amide bonds. The van der Waals surface area contributed by atoms with Crippen LogP contribution in [-0.4, -0.2) is 0 Å². The molecule has 1 rings (SSSR count). The van der Waals surface area contributed by atoms with E-state index in [4.69, 9.17) is 0 Å². The van der Waals surface area contributed by atoms with E-state index in [2.05, 4.69) is 43.8 Å². The van der Waals surface area contributed by atoms with E-state index >= 15 is 0 Å². The molecule has 0 aromatic carbocycles. The summed E-state index contributed by atoms with van der Waals surface area (Å²) in [4.78, 5) is 0. The molecule has 0 saturated carbocycles. The van der Waals surface area contributed by atoms with Crippen LogP contribution in [0.3, 0.4) is 0 Å². The van der Waals surface area contributed by atoms with Crippen molar-refractivity contribution in [1.29, 1.82) is 0 Å². The van der Waals surface area contributed by atoms with Gasteiger partial charge in [-0.3, -0.25) is 0 Å². The van der Waals surface area contributed by atoms with Crippen LogP contribution in [0.25, 0.3) is 0 Å². The molecule has 276 valence electrons. The van der Waals surface area contributed by atoms with Gasteiger partial charge in [-0.2, -0.15) is 0 Å². The van der Waals surface area contributed by atoms with E-state index in [1.165, 1.54) is 244 Å². The van der Waals surface area contributed by atoms with Gasteiger partial charge in [0.15, 0.2) is 12.4 Å². The first-order chi connectivity index (χ1) is 23.3. The molecular formula is C46H88N+. The summed E-state index contributed by atoms with van der Waals surface area (Å²) in [5.41, 5.74) is 3.33. The lowest BCUT2D eigenvalue weighted by Gasteiger charge is -2.10. The Hall–Kier alpha value is -0.850. The summed E-state index contributed by atoms with van der Waals surface area (Å²) in [5, 5.41) is 0. The van der Waals surface area contributed by atoms with Crippen LogP contribution in [0, 0.1) is 0 Å². The fourth-order valence-electron chi connectivity index (χ4n) is 7.50. The summed E-state index contributed by atoms with van der Waals surface area (Å²) in [7, 11) is 0. The molecular weight excluding hydrogens is 567 g/mol. The van der Waals surface area contributed by atoms with Gasteiger partial charge < -0.3 is 0 Å². The van der Waals surface area contributed by atoms with E-state index in [1.807, 2.05) is 0 Å². The van der Waals surface area contributed by atoms with Gasteiger partial charge in [0, 0.05) is 18.1 Å². The summed E-state index contributed by atoms with van der Waals surface area (Å²) in [6.45, 7) is 8.15. The number of aryl methyl sites for hydroxylation is 3. The normalized spacial score (nSPS) is 11.6. The van der Waals surface area contributed by atoms with Crippen molar-refractivity contribution in [3.8, 4) is 0 Å². The second kappa shape index (κ2) is 36.4. The zero-order valence-electron chi connectivity index (χ0n) is 33.0. The highest BCUT2D eigenvalue weighted by Crippen LogP contribution is 2.18. The minimum absolute atomic E-state index is 1.21. The van der Waals surface area contributed by atoms with Crippen molar-refractivity contribution >= 4 is 0 Å². The van der Waals surface area contributed by atoms with Crippen molar-refractivity contribution in [2.45, 2.75) is 265 Å². The van der Waals surface area contributed by atoms with Crippen LogP contribution in [-0.2, 0) is 19.4 Å².